The van der Waals surface area contributed by atoms with Gasteiger partial charge in [0.2, 0.25) is 0 Å². The van der Waals surface area contributed by atoms with Gasteiger partial charge in [0, 0.05) is 17.3 Å². The maximum atomic E-state index is 9.31. The van der Waals surface area contributed by atoms with Gasteiger partial charge in [0.25, 0.3) is 0 Å². The van der Waals surface area contributed by atoms with Crippen LogP contribution in [0.5, 0.6) is 5.75 Å². The summed E-state index contributed by atoms with van der Waals surface area (Å²) in [6, 6.07) is 15.3. The van der Waals surface area contributed by atoms with Crippen molar-refractivity contribution >= 4 is 5.69 Å². The summed E-state index contributed by atoms with van der Waals surface area (Å²) in [6.45, 7) is 1.57. The second-order valence-electron chi connectivity index (χ2n) is 3.84. The van der Waals surface area contributed by atoms with E-state index in [-0.39, 0.29) is 0 Å². The number of aliphatic hydroxyl groups excluding tert-OH is 1. The van der Waals surface area contributed by atoms with Gasteiger partial charge in [0.1, 0.15) is 5.75 Å². The molecular weight excluding hydrogens is 214 g/mol. The molecule has 1 unspecified atom stereocenters. The summed E-state index contributed by atoms with van der Waals surface area (Å²) < 4.78 is 5.36. The summed E-state index contributed by atoms with van der Waals surface area (Å²) in [4.78, 5) is 0. The van der Waals surface area contributed by atoms with E-state index in [1.165, 1.54) is 0 Å². The molecule has 2 aromatic rings. The maximum absolute atomic E-state index is 9.31. The Balaban J connectivity index is 2.46. The van der Waals surface area contributed by atoms with E-state index in [1.807, 2.05) is 42.5 Å². The summed E-state index contributed by atoms with van der Waals surface area (Å²) in [5, 5.41) is 9.31. The Bertz CT molecular complexity index is 495. The number of rotatable bonds is 3. The molecule has 17 heavy (non-hydrogen) atoms. The first-order valence-corrected chi connectivity index (χ1v) is 5.46. The number of ether oxygens (including phenoxy) is 1. The zero-order chi connectivity index (χ0) is 12.3. The van der Waals surface area contributed by atoms with Crippen LogP contribution in [-0.4, -0.2) is 11.4 Å². The average molecular weight is 229 g/mol. The van der Waals surface area contributed by atoms with Crippen LogP contribution in [0.2, 0.25) is 0 Å². The zero-order valence-electron chi connectivity index (χ0n) is 9.63. The Kier molecular flexibility index (Phi) is 3.30. The van der Waals surface area contributed by atoms with Gasteiger partial charge in [0.15, 0.2) is 6.29 Å². The fourth-order valence-electron chi connectivity index (χ4n) is 1.68. The van der Waals surface area contributed by atoms with E-state index in [1.54, 1.807) is 13.0 Å². The van der Waals surface area contributed by atoms with Crippen molar-refractivity contribution in [3.63, 3.8) is 0 Å². The van der Waals surface area contributed by atoms with Crippen LogP contribution in [0.3, 0.4) is 0 Å². The summed E-state index contributed by atoms with van der Waals surface area (Å²) in [5.41, 5.74) is 8.28. The summed E-state index contributed by atoms with van der Waals surface area (Å²) in [7, 11) is 0. The number of aliphatic hydroxyl groups is 1. The zero-order valence-corrected chi connectivity index (χ0v) is 9.63. The van der Waals surface area contributed by atoms with Gasteiger partial charge in [-0.25, -0.2) is 0 Å². The fraction of sp³-hybridized carbons (Fsp3) is 0.143. The van der Waals surface area contributed by atoms with Gasteiger partial charge in [0.05, 0.1) is 0 Å². The first-order valence-electron chi connectivity index (χ1n) is 5.46. The van der Waals surface area contributed by atoms with Crippen molar-refractivity contribution in [1.82, 2.24) is 0 Å². The molecule has 0 aliphatic heterocycles. The minimum Gasteiger partial charge on any atom is -0.465 e. The highest BCUT2D eigenvalue weighted by atomic mass is 16.6. The van der Waals surface area contributed by atoms with Crippen LogP contribution in [0.4, 0.5) is 5.69 Å². The van der Waals surface area contributed by atoms with Gasteiger partial charge in [-0.3, -0.25) is 0 Å². The Morgan fingerprint density at radius 3 is 2.47 bits per heavy atom. The van der Waals surface area contributed by atoms with Gasteiger partial charge in [-0.1, -0.05) is 30.3 Å². The van der Waals surface area contributed by atoms with Crippen molar-refractivity contribution in [2.75, 3.05) is 5.73 Å². The monoisotopic (exact) mass is 229 g/mol. The molecular formula is C14H15NO2. The number of nitrogen functional groups attached to an aromatic ring is 1. The number of benzene rings is 2. The summed E-state index contributed by atoms with van der Waals surface area (Å²) in [5.74, 6) is 0.589. The SMILES string of the molecule is CC(O)Oc1cc(N)ccc1-c1ccccc1. The predicted molar refractivity (Wildman–Crippen MR) is 68.6 cm³/mol. The van der Waals surface area contributed by atoms with E-state index in [2.05, 4.69) is 0 Å². The van der Waals surface area contributed by atoms with E-state index in [0.29, 0.717) is 11.4 Å². The molecule has 1 atom stereocenters. The van der Waals surface area contributed by atoms with E-state index in [4.69, 9.17) is 10.5 Å². The van der Waals surface area contributed by atoms with Crippen molar-refractivity contribution in [3.8, 4) is 16.9 Å². The third-order valence-corrected chi connectivity index (χ3v) is 2.39. The molecule has 0 spiro atoms. The van der Waals surface area contributed by atoms with Crippen LogP contribution in [0.15, 0.2) is 48.5 Å². The molecule has 0 radical (unpaired) electrons. The average Bonchev–Trinajstić information content (AvgIpc) is 2.29. The molecule has 0 saturated carbocycles. The minimum absolute atomic E-state index is 0.589. The van der Waals surface area contributed by atoms with E-state index in [0.717, 1.165) is 11.1 Å². The summed E-state index contributed by atoms with van der Waals surface area (Å²) in [6.07, 6.45) is -0.862. The standard InChI is InChI=1S/C14H15NO2/c1-10(16)17-14-9-12(15)7-8-13(14)11-5-3-2-4-6-11/h2-10,16H,15H2,1H3. The Morgan fingerprint density at radius 1 is 1.12 bits per heavy atom. The van der Waals surface area contributed by atoms with Crippen LogP contribution in [0, 0.1) is 0 Å². The van der Waals surface area contributed by atoms with Gasteiger partial charge in [-0.05, 0) is 24.6 Å². The summed E-state index contributed by atoms with van der Waals surface area (Å²) >= 11 is 0. The smallest absolute Gasteiger partial charge is 0.194 e. The minimum atomic E-state index is -0.862. The maximum Gasteiger partial charge on any atom is 0.194 e. The quantitative estimate of drug-likeness (QED) is 0.628. The molecule has 3 N–H and O–H groups in total. The lowest BCUT2D eigenvalue weighted by Crippen LogP contribution is -2.10. The molecule has 0 heterocycles. The van der Waals surface area contributed by atoms with Crippen molar-refractivity contribution in [1.29, 1.82) is 0 Å². The van der Waals surface area contributed by atoms with Crippen LogP contribution in [0.1, 0.15) is 6.92 Å². The largest absolute Gasteiger partial charge is 0.465 e. The molecule has 0 bridgehead atoms. The van der Waals surface area contributed by atoms with Crippen LogP contribution >= 0.6 is 0 Å². The Hall–Kier alpha value is -2.00. The van der Waals surface area contributed by atoms with Crippen molar-refractivity contribution in [3.05, 3.63) is 48.5 Å². The second kappa shape index (κ2) is 4.89. The molecule has 0 saturated heterocycles. The second-order valence-corrected chi connectivity index (χ2v) is 3.84. The Labute approximate surface area is 100 Å². The molecule has 0 amide bonds. The topological polar surface area (TPSA) is 55.5 Å². The van der Waals surface area contributed by atoms with Crippen molar-refractivity contribution < 1.29 is 9.84 Å². The molecule has 3 nitrogen and oxygen atoms in total. The Morgan fingerprint density at radius 2 is 1.82 bits per heavy atom. The van der Waals surface area contributed by atoms with E-state index < -0.39 is 6.29 Å². The third kappa shape index (κ3) is 2.77. The molecule has 0 aromatic heterocycles. The molecule has 88 valence electrons. The first kappa shape index (κ1) is 11.5. The van der Waals surface area contributed by atoms with Crippen LogP contribution in [0.25, 0.3) is 11.1 Å². The van der Waals surface area contributed by atoms with Gasteiger partial charge < -0.3 is 15.6 Å². The predicted octanol–water partition coefficient (Wildman–Crippen LogP) is 2.65. The molecule has 0 fully saturated rings. The van der Waals surface area contributed by atoms with E-state index >= 15 is 0 Å². The first-order chi connectivity index (χ1) is 8.16. The highest BCUT2D eigenvalue weighted by molar-refractivity contribution is 5.72. The number of anilines is 1. The highest BCUT2D eigenvalue weighted by Crippen LogP contribution is 2.32. The molecule has 2 rings (SSSR count). The lowest BCUT2D eigenvalue weighted by Gasteiger charge is -2.14. The van der Waals surface area contributed by atoms with Gasteiger partial charge in [-0.15, -0.1) is 0 Å². The number of nitrogens with two attached hydrogens (primary N) is 1. The lowest BCUT2D eigenvalue weighted by atomic mass is 10.0. The van der Waals surface area contributed by atoms with Gasteiger partial charge in [-0.2, -0.15) is 0 Å². The van der Waals surface area contributed by atoms with Crippen molar-refractivity contribution in [2.24, 2.45) is 0 Å². The molecule has 0 aliphatic carbocycles. The lowest BCUT2D eigenvalue weighted by molar-refractivity contribution is 0.000195. The molecule has 3 heteroatoms. The van der Waals surface area contributed by atoms with Crippen LogP contribution in [-0.2, 0) is 0 Å². The molecule has 0 aliphatic rings. The van der Waals surface area contributed by atoms with Crippen LogP contribution < -0.4 is 10.5 Å². The number of hydrogen-bond donors (Lipinski definition) is 2. The van der Waals surface area contributed by atoms with Gasteiger partial charge >= 0.3 is 0 Å². The third-order valence-electron chi connectivity index (χ3n) is 2.39. The number of hydrogen-bond acceptors (Lipinski definition) is 3. The fourth-order valence-corrected chi connectivity index (χ4v) is 1.68. The van der Waals surface area contributed by atoms with E-state index in [9.17, 15) is 5.11 Å². The normalized spacial score (nSPS) is 12.1. The molecule has 2 aromatic carbocycles. The highest BCUT2D eigenvalue weighted by Gasteiger charge is 2.08. The van der Waals surface area contributed by atoms with Crippen molar-refractivity contribution in [2.45, 2.75) is 13.2 Å².